The minimum atomic E-state index is -2.29. The molecule has 1 aliphatic heterocycles. The van der Waals surface area contributed by atoms with Crippen LogP contribution in [0.25, 0.3) is 0 Å². The Labute approximate surface area is 187 Å². The lowest BCUT2D eigenvalue weighted by atomic mass is 10.0. The van der Waals surface area contributed by atoms with Gasteiger partial charge < -0.3 is 19.9 Å². The summed E-state index contributed by atoms with van der Waals surface area (Å²) in [6, 6.07) is 0. The quantitative estimate of drug-likeness (QED) is 0.239. The van der Waals surface area contributed by atoms with Gasteiger partial charge in [-0.15, -0.1) is 0 Å². The van der Waals surface area contributed by atoms with Crippen LogP contribution in [0.2, 0.25) is 0 Å². The average molecular weight is 442 g/mol. The van der Waals surface area contributed by atoms with Gasteiger partial charge in [-0.2, -0.15) is 0 Å². The number of carbonyl (C=O) groups is 3. The maximum absolute atomic E-state index is 12.1. The van der Waals surface area contributed by atoms with E-state index in [-0.39, 0.29) is 19.4 Å². The molecule has 1 aliphatic rings. The molecule has 0 aromatic carbocycles. The molecule has 1 unspecified atom stereocenters. The van der Waals surface area contributed by atoms with E-state index in [0.717, 1.165) is 12.8 Å². The zero-order chi connectivity index (χ0) is 23.0. The minimum absolute atomic E-state index is 0.122. The van der Waals surface area contributed by atoms with E-state index in [9.17, 15) is 19.5 Å². The number of amides is 1. The Hall–Kier alpha value is -1.63. The SMILES string of the molecule is CCCCCCCCCCCCCCCC(=O)OC1CC(=O)N[C@]1(O)C(=O)OCCC. The van der Waals surface area contributed by atoms with Crippen LogP contribution < -0.4 is 5.32 Å². The van der Waals surface area contributed by atoms with Crippen molar-refractivity contribution in [2.45, 2.75) is 128 Å². The van der Waals surface area contributed by atoms with Crippen LogP contribution in [0.1, 0.15) is 117 Å². The van der Waals surface area contributed by atoms with Crippen LogP contribution in [-0.2, 0) is 23.9 Å². The van der Waals surface area contributed by atoms with Crippen molar-refractivity contribution in [2.75, 3.05) is 6.61 Å². The molecule has 2 N–H and O–H groups in total. The van der Waals surface area contributed by atoms with Gasteiger partial charge in [-0.1, -0.05) is 90.9 Å². The van der Waals surface area contributed by atoms with Crippen LogP contribution in [0.5, 0.6) is 0 Å². The Kier molecular flexibility index (Phi) is 14.2. The zero-order valence-corrected chi connectivity index (χ0v) is 19.6. The van der Waals surface area contributed by atoms with Crippen LogP contribution in [-0.4, -0.2) is 41.4 Å². The van der Waals surface area contributed by atoms with Gasteiger partial charge in [0.25, 0.3) is 5.72 Å². The number of aliphatic hydroxyl groups is 1. The second kappa shape index (κ2) is 16.1. The summed E-state index contributed by atoms with van der Waals surface area (Å²) in [5, 5.41) is 12.6. The molecular formula is C24H43NO6. The molecule has 7 nitrogen and oxygen atoms in total. The molecule has 1 amide bonds. The van der Waals surface area contributed by atoms with Crippen molar-refractivity contribution in [3.8, 4) is 0 Å². The molecule has 1 rings (SSSR count). The van der Waals surface area contributed by atoms with E-state index in [1.54, 1.807) is 0 Å². The first-order chi connectivity index (χ1) is 14.9. The largest absolute Gasteiger partial charge is 0.462 e. The molecule has 1 heterocycles. The number of rotatable bonds is 18. The molecule has 0 spiro atoms. The Bertz CT molecular complexity index is 538. The minimum Gasteiger partial charge on any atom is -0.462 e. The van der Waals surface area contributed by atoms with Crippen molar-refractivity contribution in [1.82, 2.24) is 5.32 Å². The van der Waals surface area contributed by atoms with Gasteiger partial charge in [0.15, 0.2) is 6.10 Å². The van der Waals surface area contributed by atoms with Crippen molar-refractivity contribution >= 4 is 17.8 Å². The zero-order valence-electron chi connectivity index (χ0n) is 19.6. The number of hydrogen-bond acceptors (Lipinski definition) is 6. The first-order valence-corrected chi connectivity index (χ1v) is 12.3. The predicted molar refractivity (Wildman–Crippen MR) is 119 cm³/mol. The molecule has 2 atom stereocenters. The number of ether oxygens (including phenoxy) is 2. The highest BCUT2D eigenvalue weighted by molar-refractivity contribution is 5.92. The maximum Gasteiger partial charge on any atom is 0.363 e. The van der Waals surface area contributed by atoms with Crippen molar-refractivity contribution in [2.24, 2.45) is 0 Å². The van der Waals surface area contributed by atoms with Gasteiger partial charge in [0.05, 0.1) is 13.0 Å². The first kappa shape index (κ1) is 27.4. The third kappa shape index (κ3) is 11.0. The van der Waals surface area contributed by atoms with E-state index in [0.29, 0.717) is 12.8 Å². The van der Waals surface area contributed by atoms with E-state index < -0.39 is 29.7 Å². The summed E-state index contributed by atoms with van der Waals surface area (Å²) in [6.07, 6.45) is 15.1. The van der Waals surface area contributed by atoms with E-state index >= 15 is 0 Å². The fourth-order valence-electron chi connectivity index (χ4n) is 3.78. The molecule has 0 bridgehead atoms. The van der Waals surface area contributed by atoms with Crippen molar-refractivity contribution in [1.29, 1.82) is 0 Å². The fourth-order valence-corrected chi connectivity index (χ4v) is 3.78. The van der Waals surface area contributed by atoms with Gasteiger partial charge in [0.2, 0.25) is 5.91 Å². The number of esters is 2. The van der Waals surface area contributed by atoms with Crippen molar-refractivity contribution < 1.29 is 29.0 Å². The first-order valence-electron chi connectivity index (χ1n) is 12.3. The maximum atomic E-state index is 12.1. The summed E-state index contributed by atoms with van der Waals surface area (Å²) in [7, 11) is 0. The van der Waals surface area contributed by atoms with E-state index in [1.165, 1.54) is 64.2 Å². The summed E-state index contributed by atoms with van der Waals surface area (Å²) in [5.74, 6) is -2.04. The van der Waals surface area contributed by atoms with Crippen molar-refractivity contribution in [3.63, 3.8) is 0 Å². The van der Waals surface area contributed by atoms with E-state index in [2.05, 4.69) is 12.2 Å². The molecule has 180 valence electrons. The van der Waals surface area contributed by atoms with Crippen molar-refractivity contribution in [3.05, 3.63) is 0 Å². The third-order valence-corrected chi connectivity index (χ3v) is 5.67. The van der Waals surface area contributed by atoms with Crippen LogP contribution in [0, 0.1) is 0 Å². The van der Waals surface area contributed by atoms with Gasteiger partial charge >= 0.3 is 11.9 Å². The third-order valence-electron chi connectivity index (χ3n) is 5.67. The topological polar surface area (TPSA) is 102 Å². The highest BCUT2D eigenvalue weighted by Gasteiger charge is 2.55. The number of unbranched alkanes of at least 4 members (excludes halogenated alkanes) is 12. The molecule has 0 aromatic heterocycles. The van der Waals surface area contributed by atoms with Gasteiger partial charge in [0.1, 0.15) is 0 Å². The normalized spacial score (nSPS) is 20.5. The van der Waals surface area contributed by atoms with Crippen LogP contribution >= 0.6 is 0 Å². The fraction of sp³-hybridized carbons (Fsp3) is 0.875. The highest BCUT2D eigenvalue weighted by atomic mass is 16.6. The molecule has 7 heteroatoms. The van der Waals surface area contributed by atoms with Crippen LogP contribution in [0.3, 0.4) is 0 Å². The van der Waals surface area contributed by atoms with E-state index in [4.69, 9.17) is 9.47 Å². The van der Waals surface area contributed by atoms with Crippen LogP contribution in [0.15, 0.2) is 0 Å². The molecule has 1 fully saturated rings. The predicted octanol–water partition coefficient (Wildman–Crippen LogP) is 4.54. The van der Waals surface area contributed by atoms with Gasteiger partial charge in [-0.25, -0.2) is 4.79 Å². The average Bonchev–Trinajstić information content (AvgIpc) is 3.03. The van der Waals surface area contributed by atoms with Gasteiger partial charge in [0, 0.05) is 6.42 Å². The Morgan fingerprint density at radius 3 is 1.94 bits per heavy atom. The monoisotopic (exact) mass is 441 g/mol. The van der Waals surface area contributed by atoms with Gasteiger partial charge in [-0.3, -0.25) is 9.59 Å². The standard InChI is InChI=1S/C24H43NO6/c1-3-5-6-7-8-9-10-11-12-13-14-15-16-17-22(27)31-20-19-21(26)25-24(20,29)23(28)30-18-4-2/h20,29H,3-19H2,1-2H3,(H,25,26)/t20?,24-/m1/s1. The molecule has 0 radical (unpaired) electrons. The number of hydrogen-bond donors (Lipinski definition) is 2. The summed E-state index contributed by atoms with van der Waals surface area (Å²) in [6.45, 7) is 4.18. The second-order valence-corrected chi connectivity index (χ2v) is 8.63. The summed E-state index contributed by atoms with van der Waals surface area (Å²) in [4.78, 5) is 35.8. The number of nitrogens with one attached hydrogen (secondary N) is 1. The molecule has 0 aliphatic carbocycles. The van der Waals surface area contributed by atoms with E-state index in [1.807, 2.05) is 6.92 Å². The van der Waals surface area contributed by atoms with Crippen LogP contribution in [0.4, 0.5) is 0 Å². The summed E-state index contributed by atoms with van der Waals surface area (Å²) < 4.78 is 10.2. The number of carbonyl (C=O) groups excluding carboxylic acids is 3. The lowest BCUT2D eigenvalue weighted by molar-refractivity contribution is -0.187. The molecule has 31 heavy (non-hydrogen) atoms. The molecular weight excluding hydrogens is 398 g/mol. The lowest BCUT2D eigenvalue weighted by Crippen LogP contribution is -2.57. The van der Waals surface area contributed by atoms with Gasteiger partial charge in [-0.05, 0) is 12.8 Å². The smallest absolute Gasteiger partial charge is 0.363 e. The molecule has 0 saturated carbocycles. The second-order valence-electron chi connectivity index (χ2n) is 8.63. The summed E-state index contributed by atoms with van der Waals surface area (Å²) >= 11 is 0. The molecule has 0 aromatic rings. The Balaban J connectivity index is 2.10. The molecule has 1 saturated heterocycles. The lowest BCUT2D eigenvalue weighted by Gasteiger charge is -2.26. The summed E-state index contributed by atoms with van der Waals surface area (Å²) in [5.41, 5.74) is -2.29. The highest BCUT2D eigenvalue weighted by Crippen LogP contribution is 2.24. The Morgan fingerprint density at radius 1 is 0.903 bits per heavy atom. The Morgan fingerprint density at radius 2 is 1.42 bits per heavy atom.